The minimum absolute atomic E-state index is 0.0895. The van der Waals surface area contributed by atoms with Crippen molar-refractivity contribution in [3.8, 4) is 0 Å². The van der Waals surface area contributed by atoms with Crippen LogP contribution in [0.5, 0.6) is 0 Å². The molecule has 5 heteroatoms. The number of nitrogens with one attached hydrogen (secondary N) is 1. The fourth-order valence-corrected chi connectivity index (χ4v) is 2.44. The van der Waals surface area contributed by atoms with Crippen LogP contribution in [0.4, 0.5) is 0 Å². The molecule has 0 spiro atoms. The number of rotatable bonds is 5. The van der Waals surface area contributed by atoms with Gasteiger partial charge >= 0.3 is 0 Å². The summed E-state index contributed by atoms with van der Waals surface area (Å²) in [5.74, 6) is 0. The van der Waals surface area contributed by atoms with E-state index in [1.165, 1.54) is 16.4 Å². The van der Waals surface area contributed by atoms with Gasteiger partial charge in [-0.3, -0.25) is 4.90 Å². The highest BCUT2D eigenvalue weighted by Gasteiger charge is 2.22. The molecule has 0 aliphatic rings. The maximum Gasteiger partial charge on any atom is 0.0854 e. The Morgan fingerprint density at radius 3 is 2.62 bits per heavy atom. The lowest BCUT2D eigenvalue weighted by Crippen LogP contribution is -2.27. The lowest BCUT2D eigenvalue weighted by Gasteiger charge is -2.20. The third-order valence-corrected chi connectivity index (χ3v) is 3.13. The van der Waals surface area contributed by atoms with E-state index in [4.69, 9.17) is 0 Å². The average molecular weight is 242 g/mol. The summed E-state index contributed by atoms with van der Waals surface area (Å²) in [5.41, 5.74) is 1.22. The van der Waals surface area contributed by atoms with Crippen molar-refractivity contribution < 1.29 is 0 Å². The molecule has 0 amide bonds. The molecule has 0 saturated heterocycles. The van der Waals surface area contributed by atoms with Crippen LogP contribution in [0.15, 0.2) is 0 Å². The van der Waals surface area contributed by atoms with Crippen molar-refractivity contribution in [1.29, 1.82) is 0 Å². The van der Waals surface area contributed by atoms with Crippen LogP contribution < -0.4 is 5.32 Å². The van der Waals surface area contributed by atoms with Gasteiger partial charge < -0.3 is 5.32 Å². The van der Waals surface area contributed by atoms with Gasteiger partial charge in [-0.2, -0.15) is 0 Å². The van der Waals surface area contributed by atoms with E-state index in [1.807, 2.05) is 7.05 Å². The minimum atomic E-state index is 0.0895. The highest BCUT2D eigenvalue weighted by molar-refractivity contribution is 7.05. The van der Waals surface area contributed by atoms with Gasteiger partial charge in [-0.25, -0.2) is 0 Å². The monoisotopic (exact) mass is 242 g/mol. The smallest absolute Gasteiger partial charge is 0.0854 e. The van der Waals surface area contributed by atoms with Gasteiger partial charge in [0.05, 0.1) is 10.6 Å². The zero-order valence-electron chi connectivity index (χ0n) is 10.9. The standard InChI is InChI=1S/C11H22N4S/c1-11(2,3)10-9(16-14-13-10)8-15(5)7-6-12-4/h12H,6-8H2,1-5H3. The predicted molar refractivity (Wildman–Crippen MR) is 68.9 cm³/mol. The van der Waals surface area contributed by atoms with E-state index in [2.05, 4.69) is 47.6 Å². The Hall–Kier alpha value is -0.520. The van der Waals surface area contributed by atoms with Crippen LogP contribution in [0.2, 0.25) is 0 Å². The molecule has 0 atom stereocenters. The zero-order chi connectivity index (χ0) is 12.2. The molecule has 1 aromatic rings. The summed E-state index contributed by atoms with van der Waals surface area (Å²) < 4.78 is 4.07. The second-order valence-electron chi connectivity index (χ2n) is 5.14. The number of likely N-dealkylation sites (N-methyl/N-ethyl adjacent to an activating group) is 2. The summed E-state index contributed by atoms with van der Waals surface area (Å²) in [6.45, 7) is 9.53. The summed E-state index contributed by atoms with van der Waals surface area (Å²) in [6, 6.07) is 0. The number of nitrogens with zero attached hydrogens (tertiary/aromatic N) is 3. The molecule has 0 radical (unpaired) electrons. The van der Waals surface area contributed by atoms with Crippen molar-refractivity contribution in [1.82, 2.24) is 19.8 Å². The molecule has 16 heavy (non-hydrogen) atoms. The second kappa shape index (κ2) is 5.70. The summed E-state index contributed by atoms with van der Waals surface area (Å²) >= 11 is 1.52. The third-order valence-electron chi connectivity index (χ3n) is 2.42. The normalized spacial score (nSPS) is 12.4. The Labute approximate surface area is 102 Å². The first-order chi connectivity index (χ1) is 7.45. The Kier molecular flexibility index (Phi) is 4.83. The van der Waals surface area contributed by atoms with E-state index in [-0.39, 0.29) is 5.41 Å². The molecule has 0 aliphatic carbocycles. The van der Waals surface area contributed by atoms with Crippen LogP contribution in [0.1, 0.15) is 31.3 Å². The average Bonchev–Trinajstić information content (AvgIpc) is 2.62. The van der Waals surface area contributed by atoms with Crippen molar-refractivity contribution in [2.75, 3.05) is 27.2 Å². The van der Waals surface area contributed by atoms with Crippen molar-refractivity contribution in [2.24, 2.45) is 0 Å². The van der Waals surface area contributed by atoms with E-state index < -0.39 is 0 Å². The molecular formula is C11H22N4S. The summed E-state index contributed by atoms with van der Waals surface area (Å²) in [4.78, 5) is 3.58. The van der Waals surface area contributed by atoms with Gasteiger partial charge in [-0.15, -0.1) is 5.10 Å². The molecular weight excluding hydrogens is 220 g/mol. The molecule has 1 rings (SSSR count). The molecule has 0 aromatic carbocycles. The molecule has 0 aliphatic heterocycles. The summed E-state index contributed by atoms with van der Waals surface area (Å²) in [5, 5.41) is 7.40. The molecule has 0 unspecified atom stereocenters. The zero-order valence-corrected chi connectivity index (χ0v) is 11.7. The Morgan fingerprint density at radius 2 is 2.06 bits per heavy atom. The van der Waals surface area contributed by atoms with Gasteiger partial charge in [0.25, 0.3) is 0 Å². The Bertz CT molecular complexity index is 316. The van der Waals surface area contributed by atoms with E-state index >= 15 is 0 Å². The van der Waals surface area contributed by atoms with Crippen LogP contribution in [-0.2, 0) is 12.0 Å². The van der Waals surface area contributed by atoms with Crippen molar-refractivity contribution >= 4 is 11.5 Å². The molecule has 92 valence electrons. The van der Waals surface area contributed by atoms with Crippen LogP contribution in [0.3, 0.4) is 0 Å². The lowest BCUT2D eigenvalue weighted by molar-refractivity contribution is 0.327. The number of hydrogen-bond donors (Lipinski definition) is 1. The first-order valence-electron chi connectivity index (χ1n) is 5.60. The van der Waals surface area contributed by atoms with Gasteiger partial charge in [-0.05, 0) is 25.6 Å². The summed E-state index contributed by atoms with van der Waals surface area (Å²) in [7, 11) is 4.10. The van der Waals surface area contributed by atoms with E-state index in [0.29, 0.717) is 0 Å². The van der Waals surface area contributed by atoms with Gasteiger partial charge in [0.2, 0.25) is 0 Å². The Balaban J connectivity index is 2.64. The molecule has 1 heterocycles. The molecule has 1 N–H and O–H groups in total. The number of hydrogen-bond acceptors (Lipinski definition) is 5. The lowest BCUT2D eigenvalue weighted by atomic mass is 9.91. The quantitative estimate of drug-likeness (QED) is 0.849. The van der Waals surface area contributed by atoms with Crippen molar-refractivity contribution in [3.63, 3.8) is 0 Å². The molecule has 1 aromatic heterocycles. The van der Waals surface area contributed by atoms with E-state index in [1.54, 1.807) is 0 Å². The topological polar surface area (TPSA) is 41.0 Å². The van der Waals surface area contributed by atoms with Crippen LogP contribution in [0.25, 0.3) is 0 Å². The SMILES string of the molecule is CNCCN(C)Cc1snnc1C(C)(C)C. The van der Waals surface area contributed by atoms with Gasteiger partial charge in [-0.1, -0.05) is 25.3 Å². The predicted octanol–water partition coefficient (Wildman–Crippen LogP) is 1.49. The molecule has 0 saturated carbocycles. The Morgan fingerprint density at radius 1 is 1.38 bits per heavy atom. The van der Waals surface area contributed by atoms with E-state index in [0.717, 1.165) is 25.3 Å². The minimum Gasteiger partial charge on any atom is -0.318 e. The molecule has 0 bridgehead atoms. The third kappa shape index (κ3) is 3.81. The van der Waals surface area contributed by atoms with Crippen molar-refractivity contribution in [3.05, 3.63) is 10.6 Å². The van der Waals surface area contributed by atoms with Crippen LogP contribution in [-0.4, -0.2) is 41.7 Å². The maximum atomic E-state index is 4.25. The first kappa shape index (κ1) is 13.5. The van der Waals surface area contributed by atoms with Crippen molar-refractivity contribution in [2.45, 2.75) is 32.7 Å². The van der Waals surface area contributed by atoms with Gasteiger partial charge in [0.15, 0.2) is 0 Å². The van der Waals surface area contributed by atoms with Crippen LogP contribution in [0, 0.1) is 0 Å². The highest BCUT2D eigenvalue weighted by Crippen LogP contribution is 2.26. The second-order valence-corrected chi connectivity index (χ2v) is 5.97. The maximum absolute atomic E-state index is 4.25. The summed E-state index contributed by atoms with van der Waals surface area (Å²) in [6.07, 6.45) is 0. The van der Waals surface area contributed by atoms with Gasteiger partial charge in [0, 0.05) is 25.0 Å². The molecule has 4 nitrogen and oxygen atoms in total. The fraction of sp³-hybridized carbons (Fsp3) is 0.818. The first-order valence-corrected chi connectivity index (χ1v) is 6.37. The van der Waals surface area contributed by atoms with Gasteiger partial charge in [0.1, 0.15) is 0 Å². The highest BCUT2D eigenvalue weighted by atomic mass is 32.1. The largest absolute Gasteiger partial charge is 0.318 e. The molecule has 0 fully saturated rings. The number of aromatic nitrogens is 2. The van der Waals surface area contributed by atoms with Crippen LogP contribution >= 0.6 is 11.5 Å². The van der Waals surface area contributed by atoms with E-state index in [9.17, 15) is 0 Å². The fourth-order valence-electron chi connectivity index (χ4n) is 1.51.